The highest BCUT2D eigenvalue weighted by Gasteiger charge is 2.63. The van der Waals surface area contributed by atoms with E-state index < -0.39 is 26.9 Å². The molecule has 9 nitrogen and oxygen atoms in total. The van der Waals surface area contributed by atoms with Gasteiger partial charge >= 0.3 is 0 Å². The standard InChI is InChI=1S/C36H47FN4O5S/c1-3-17-40(33(42)18-25-11-15-32(16-12-25)47(45,46)38-2)31-20-29-13-14-30(21-31)41(29)24-35(34(43)26-7-4-5-8-26)22-39-23-36(35,44)27-9-6-10-28(37)19-27/h3,6,9-12,15-16,19,26,29-31,38-39,44H,1,4-5,7-8,13-14,17-18,20-24H2,2H3/t29?,30?,31?,35-,36-/m1/s1. The Morgan fingerprint density at radius 3 is 2.38 bits per heavy atom. The van der Waals surface area contributed by atoms with Crippen molar-refractivity contribution in [1.29, 1.82) is 0 Å². The molecule has 2 aromatic rings. The predicted octanol–water partition coefficient (Wildman–Crippen LogP) is 3.52. The highest BCUT2D eigenvalue weighted by Crippen LogP contribution is 2.50. The maximum absolute atomic E-state index is 14.5. The molecule has 2 bridgehead atoms. The van der Waals surface area contributed by atoms with Gasteiger partial charge in [-0.05, 0) is 81.0 Å². The third-order valence-corrected chi connectivity index (χ3v) is 12.8. The number of hydrogen-bond acceptors (Lipinski definition) is 7. The van der Waals surface area contributed by atoms with Crippen LogP contribution in [0.2, 0.25) is 0 Å². The number of benzene rings is 2. The molecule has 47 heavy (non-hydrogen) atoms. The number of sulfonamides is 1. The second-order valence-corrected chi connectivity index (χ2v) is 15.8. The van der Waals surface area contributed by atoms with Crippen LogP contribution in [0.5, 0.6) is 0 Å². The van der Waals surface area contributed by atoms with E-state index >= 15 is 0 Å². The Balaban J connectivity index is 1.22. The number of nitrogens with zero attached hydrogens (tertiary/aromatic N) is 2. The number of carbonyl (C=O) groups excluding carboxylic acids is 2. The van der Waals surface area contributed by atoms with E-state index in [1.165, 1.54) is 31.3 Å². The van der Waals surface area contributed by atoms with Crippen LogP contribution in [0, 0.1) is 17.2 Å². The number of aliphatic hydroxyl groups is 1. The third-order valence-electron chi connectivity index (χ3n) is 11.4. The summed E-state index contributed by atoms with van der Waals surface area (Å²) >= 11 is 0. The topological polar surface area (TPSA) is 119 Å². The Hall–Kier alpha value is -2.96. The smallest absolute Gasteiger partial charge is 0.240 e. The number of nitrogens with one attached hydrogen (secondary N) is 2. The van der Waals surface area contributed by atoms with Crippen LogP contribution in [0.1, 0.15) is 62.5 Å². The lowest BCUT2D eigenvalue weighted by Gasteiger charge is -2.49. The molecule has 1 saturated carbocycles. The van der Waals surface area contributed by atoms with Gasteiger partial charge in [0.25, 0.3) is 0 Å². The maximum atomic E-state index is 14.5. The van der Waals surface area contributed by atoms with Crippen molar-refractivity contribution in [3.8, 4) is 0 Å². The van der Waals surface area contributed by atoms with Gasteiger partial charge in [-0.1, -0.05) is 43.2 Å². The van der Waals surface area contributed by atoms with Gasteiger partial charge in [0.2, 0.25) is 15.9 Å². The first-order valence-electron chi connectivity index (χ1n) is 16.9. The molecule has 3 saturated heterocycles. The van der Waals surface area contributed by atoms with E-state index in [1.807, 2.05) is 4.90 Å². The molecule has 254 valence electrons. The molecule has 11 heteroatoms. The molecule has 2 aromatic carbocycles. The SMILES string of the molecule is C=CCN(C(=O)Cc1ccc(S(=O)(=O)NC)cc1)C1CC2CCC(C1)N2C[C@@]1(C(=O)C2CCCC2)CNC[C@@]1(O)c1cccc(F)c1. The Morgan fingerprint density at radius 2 is 1.77 bits per heavy atom. The molecule has 0 spiro atoms. The van der Waals surface area contributed by atoms with Crippen LogP contribution in [0.3, 0.4) is 0 Å². The van der Waals surface area contributed by atoms with Crippen LogP contribution in [-0.2, 0) is 31.6 Å². The fraction of sp³-hybridized carbons (Fsp3) is 0.556. The lowest BCUT2D eigenvalue weighted by Crippen LogP contribution is -2.61. The molecule has 0 radical (unpaired) electrons. The van der Waals surface area contributed by atoms with Crippen LogP contribution in [0.4, 0.5) is 4.39 Å². The number of halogens is 1. The Morgan fingerprint density at radius 1 is 1.09 bits per heavy atom. The average Bonchev–Trinajstić information content (AvgIpc) is 3.77. The van der Waals surface area contributed by atoms with Gasteiger partial charge < -0.3 is 15.3 Å². The minimum absolute atomic E-state index is 0.0107. The molecule has 4 fully saturated rings. The Kier molecular flexibility index (Phi) is 9.75. The zero-order valence-corrected chi connectivity index (χ0v) is 28.0. The Bertz CT molecular complexity index is 1580. The first kappa shape index (κ1) is 33.9. The zero-order valence-electron chi connectivity index (χ0n) is 27.2. The molecule has 4 atom stereocenters. The van der Waals surface area contributed by atoms with Gasteiger partial charge in [-0.2, -0.15) is 0 Å². The van der Waals surface area contributed by atoms with Crippen molar-refractivity contribution in [2.45, 2.75) is 86.4 Å². The van der Waals surface area contributed by atoms with E-state index in [0.29, 0.717) is 25.2 Å². The summed E-state index contributed by atoms with van der Waals surface area (Å²) in [7, 11) is -2.20. The van der Waals surface area contributed by atoms with E-state index in [9.17, 15) is 27.5 Å². The van der Waals surface area contributed by atoms with Gasteiger partial charge in [0, 0.05) is 50.2 Å². The minimum atomic E-state index is -3.57. The summed E-state index contributed by atoms with van der Waals surface area (Å²) in [5.74, 6) is -0.499. The minimum Gasteiger partial charge on any atom is -0.383 e. The van der Waals surface area contributed by atoms with Crippen molar-refractivity contribution < 1.29 is 27.5 Å². The number of amides is 1. The largest absolute Gasteiger partial charge is 0.383 e. The van der Waals surface area contributed by atoms with Crippen LogP contribution in [0.15, 0.2) is 66.1 Å². The van der Waals surface area contributed by atoms with E-state index in [-0.39, 0.29) is 53.6 Å². The third kappa shape index (κ3) is 6.33. The van der Waals surface area contributed by atoms with Crippen molar-refractivity contribution in [2.24, 2.45) is 11.3 Å². The number of Topliss-reactive ketones (excluding diaryl/α,β-unsaturated/α-hetero) is 1. The molecule has 0 aromatic heterocycles. The maximum Gasteiger partial charge on any atom is 0.240 e. The molecule has 2 unspecified atom stereocenters. The van der Waals surface area contributed by atoms with Crippen LogP contribution in [0.25, 0.3) is 0 Å². The molecule has 1 aliphatic carbocycles. The molecule has 1 amide bonds. The van der Waals surface area contributed by atoms with Gasteiger partial charge in [0.15, 0.2) is 0 Å². The van der Waals surface area contributed by atoms with Gasteiger partial charge in [-0.3, -0.25) is 14.5 Å². The molecule has 3 aliphatic heterocycles. The monoisotopic (exact) mass is 666 g/mol. The number of rotatable bonds is 12. The number of β-amino-alcohol motifs (C(OH)–C–C–N with tert-alkyl or cyclic N) is 1. The van der Waals surface area contributed by atoms with Gasteiger partial charge in [0.1, 0.15) is 17.2 Å². The van der Waals surface area contributed by atoms with Crippen molar-refractivity contribution in [2.75, 3.05) is 33.2 Å². The van der Waals surface area contributed by atoms with E-state index in [0.717, 1.165) is 56.9 Å². The fourth-order valence-electron chi connectivity index (χ4n) is 8.87. The molecular weight excluding hydrogens is 619 g/mol. The summed E-state index contributed by atoms with van der Waals surface area (Å²) in [6, 6.07) is 12.7. The highest BCUT2D eigenvalue weighted by atomic mass is 32.2. The molecule has 3 heterocycles. The van der Waals surface area contributed by atoms with E-state index in [1.54, 1.807) is 30.3 Å². The van der Waals surface area contributed by atoms with Crippen molar-refractivity contribution in [3.63, 3.8) is 0 Å². The lowest BCUT2D eigenvalue weighted by atomic mass is 9.64. The Labute approximate surface area is 277 Å². The second-order valence-electron chi connectivity index (χ2n) is 13.9. The number of carbonyl (C=O) groups is 2. The average molecular weight is 667 g/mol. The molecule has 4 aliphatic rings. The first-order valence-corrected chi connectivity index (χ1v) is 18.4. The van der Waals surface area contributed by atoms with Gasteiger partial charge in [-0.25, -0.2) is 17.5 Å². The molecular formula is C36H47FN4O5S. The molecule has 3 N–H and O–H groups in total. The first-order chi connectivity index (χ1) is 22.5. The summed E-state index contributed by atoms with van der Waals surface area (Å²) in [5.41, 5.74) is -1.49. The highest BCUT2D eigenvalue weighted by molar-refractivity contribution is 7.89. The van der Waals surface area contributed by atoms with Crippen molar-refractivity contribution >= 4 is 21.7 Å². The second kappa shape index (κ2) is 13.5. The lowest BCUT2D eigenvalue weighted by molar-refractivity contribution is -0.152. The van der Waals surface area contributed by atoms with E-state index in [4.69, 9.17) is 0 Å². The predicted molar refractivity (Wildman–Crippen MR) is 177 cm³/mol. The van der Waals surface area contributed by atoms with Crippen molar-refractivity contribution in [3.05, 3.63) is 78.1 Å². The van der Waals surface area contributed by atoms with Crippen molar-refractivity contribution in [1.82, 2.24) is 19.8 Å². The quantitative estimate of drug-likeness (QED) is 0.297. The van der Waals surface area contributed by atoms with Gasteiger partial charge in [-0.15, -0.1) is 6.58 Å². The summed E-state index contributed by atoms with van der Waals surface area (Å²) in [4.78, 5) is 32.7. The number of fused-ring (bicyclic) bond motifs is 2. The van der Waals surface area contributed by atoms with Gasteiger partial charge in [0.05, 0.1) is 16.7 Å². The van der Waals surface area contributed by atoms with E-state index in [2.05, 4.69) is 21.5 Å². The number of piperidine rings is 1. The number of hydrogen-bond donors (Lipinski definition) is 3. The molecule has 6 rings (SSSR count). The summed E-state index contributed by atoms with van der Waals surface area (Å²) < 4.78 is 41.1. The van der Waals surface area contributed by atoms with Crippen LogP contribution >= 0.6 is 0 Å². The summed E-state index contributed by atoms with van der Waals surface area (Å²) in [6.45, 7) is 5.23. The fourth-order valence-corrected chi connectivity index (χ4v) is 9.60. The summed E-state index contributed by atoms with van der Waals surface area (Å²) in [6.07, 6.45) is 8.91. The normalized spacial score (nSPS) is 29.6. The van der Waals surface area contributed by atoms with Crippen LogP contribution < -0.4 is 10.0 Å². The summed E-state index contributed by atoms with van der Waals surface area (Å²) in [5, 5.41) is 15.8. The van der Waals surface area contributed by atoms with Crippen LogP contribution in [-0.4, -0.2) is 86.4 Å². The zero-order chi connectivity index (χ0) is 33.4. The number of ketones is 1.